The van der Waals surface area contributed by atoms with E-state index in [0.29, 0.717) is 11.3 Å². The molecule has 5 nitrogen and oxygen atoms in total. The van der Waals surface area contributed by atoms with Gasteiger partial charge in [-0.25, -0.2) is 8.42 Å². The third-order valence-corrected chi connectivity index (χ3v) is 5.09. The van der Waals surface area contributed by atoms with E-state index in [1.807, 2.05) is 12.1 Å². The largest absolute Gasteiger partial charge is 0.325 e. The van der Waals surface area contributed by atoms with Gasteiger partial charge in [0.15, 0.2) is 9.84 Å². The molecule has 124 valence electrons. The molecular formula is C18H18N2O3S. The smallest absolute Gasteiger partial charge is 0.224 e. The van der Waals surface area contributed by atoms with E-state index in [-0.39, 0.29) is 30.3 Å². The van der Waals surface area contributed by atoms with E-state index in [1.165, 1.54) is 0 Å². The number of benzene rings is 2. The van der Waals surface area contributed by atoms with Gasteiger partial charge in [-0.05, 0) is 24.1 Å². The molecule has 0 aliphatic carbocycles. The summed E-state index contributed by atoms with van der Waals surface area (Å²) in [6, 6.07) is 17.6. The van der Waals surface area contributed by atoms with E-state index >= 15 is 0 Å². The first-order valence-corrected chi connectivity index (χ1v) is 9.35. The zero-order valence-electron chi connectivity index (χ0n) is 13.1. The molecule has 0 heterocycles. The molecule has 0 bridgehead atoms. The monoisotopic (exact) mass is 342 g/mol. The molecule has 0 fully saturated rings. The van der Waals surface area contributed by atoms with E-state index in [1.54, 1.807) is 48.5 Å². The first kappa shape index (κ1) is 17.7. The van der Waals surface area contributed by atoms with Gasteiger partial charge in [0.1, 0.15) is 6.07 Å². The van der Waals surface area contributed by atoms with Crippen LogP contribution in [0.15, 0.2) is 54.6 Å². The average molecular weight is 342 g/mol. The Hall–Kier alpha value is -2.65. The van der Waals surface area contributed by atoms with Crippen molar-refractivity contribution in [2.24, 2.45) is 0 Å². The third kappa shape index (κ3) is 5.52. The highest BCUT2D eigenvalue weighted by Gasteiger charge is 2.13. The van der Waals surface area contributed by atoms with Crippen molar-refractivity contribution in [1.82, 2.24) is 0 Å². The molecule has 2 aromatic rings. The summed E-state index contributed by atoms with van der Waals surface area (Å²) >= 11 is 0. The SMILES string of the molecule is N#Cc1ccccc1NC(=O)CCCS(=O)(=O)Cc1ccccc1. The van der Waals surface area contributed by atoms with Crippen molar-refractivity contribution in [3.63, 3.8) is 0 Å². The zero-order valence-corrected chi connectivity index (χ0v) is 13.9. The predicted molar refractivity (Wildman–Crippen MR) is 93.0 cm³/mol. The third-order valence-electron chi connectivity index (χ3n) is 3.41. The minimum Gasteiger partial charge on any atom is -0.325 e. The Kier molecular flexibility index (Phi) is 6.10. The molecule has 24 heavy (non-hydrogen) atoms. The Morgan fingerprint density at radius 1 is 1.04 bits per heavy atom. The summed E-state index contributed by atoms with van der Waals surface area (Å²) in [4.78, 5) is 11.9. The highest BCUT2D eigenvalue weighted by molar-refractivity contribution is 7.90. The summed E-state index contributed by atoms with van der Waals surface area (Å²) in [7, 11) is -3.25. The van der Waals surface area contributed by atoms with Gasteiger partial charge in [0.05, 0.1) is 22.8 Å². The fraction of sp³-hybridized carbons (Fsp3) is 0.222. The van der Waals surface area contributed by atoms with Crippen LogP contribution in [0, 0.1) is 11.3 Å². The molecular weight excluding hydrogens is 324 g/mol. The van der Waals surface area contributed by atoms with Gasteiger partial charge in [0, 0.05) is 6.42 Å². The van der Waals surface area contributed by atoms with E-state index in [0.717, 1.165) is 5.56 Å². The van der Waals surface area contributed by atoms with Crippen molar-refractivity contribution in [3.05, 3.63) is 65.7 Å². The Labute approximate surface area is 141 Å². The summed E-state index contributed by atoms with van der Waals surface area (Å²) in [5.74, 6) is -0.366. The molecule has 2 rings (SSSR count). The fourth-order valence-corrected chi connectivity index (χ4v) is 3.68. The number of anilines is 1. The van der Waals surface area contributed by atoms with E-state index in [4.69, 9.17) is 5.26 Å². The second-order valence-electron chi connectivity index (χ2n) is 5.39. The summed E-state index contributed by atoms with van der Waals surface area (Å²) in [6.45, 7) is 0. The predicted octanol–water partition coefficient (Wildman–Crippen LogP) is 2.89. The van der Waals surface area contributed by atoms with Crippen LogP contribution in [-0.2, 0) is 20.4 Å². The number of carbonyl (C=O) groups is 1. The standard InChI is InChI=1S/C18H18N2O3S/c19-13-16-9-4-5-10-17(16)20-18(21)11-6-12-24(22,23)14-15-7-2-1-3-8-15/h1-5,7-10H,6,11-12,14H2,(H,20,21). The lowest BCUT2D eigenvalue weighted by molar-refractivity contribution is -0.116. The molecule has 0 atom stereocenters. The topological polar surface area (TPSA) is 87.0 Å². The summed E-state index contributed by atoms with van der Waals surface area (Å²) in [5, 5.41) is 11.6. The molecule has 6 heteroatoms. The molecule has 0 aliphatic rings. The zero-order chi connectivity index (χ0) is 17.4. The number of hydrogen-bond acceptors (Lipinski definition) is 4. The number of nitrogens with one attached hydrogen (secondary N) is 1. The van der Waals surface area contributed by atoms with Crippen LogP contribution in [0.2, 0.25) is 0 Å². The summed E-state index contributed by atoms with van der Waals surface area (Å²) in [6.07, 6.45) is 0.337. The van der Waals surface area contributed by atoms with E-state index in [2.05, 4.69) is 5.32 Å². The van der Waals surface area contributed by atoms with E-state index in [9.17, 15) is 13.2 Å². The molecule has 0 saturated carbocycles. The van der Waals surface area contributed by atoms with Crippen LogP contribution >= 0.6 is 0 Å². The molecule has 0 aliphatic heterocycles. The van der Waals surface area contributed by atoms with Gasteiger partial charge in [-0.1, -0.05) is 42.5 Å². The van der Waals surface area contributed by atoms with Gasteiger partial charge in [-0.15, -0.1) is 0 Å². The van der Waals surface area contributed by atoms with Gasteiger partial charge in [-0.3, -0.25) is 4.79 Å². The molecule has 1 N–H and O–H groups in total. The van der Waals surface area contributed by atoms with E-state index < -0.39 is 9.84 Å². The van der Waals surface area contributed by atoms with Crippen LogP contribution in [0.1, 0.15) is 24.0 Å². The molecule has 1 amide bonds. The number of hydrogen-bond donors (Lipinski definition) is 1. The van der Waals surface area contributed by atoms with Crippen LogP contribution < -0.4 is 5.32 Å². The van der Waals surface area contributed by atoms with Crippen LogP contribution in [0.3, 0.4) is 0 Å². The minimum atomic E-state index is -3.25. The van der Waals surface area contributed by atoms with Crippen LogP contribution in [0.5, 0.6) is 0 Å². The Morgan fingerprint density at radius 2 is 1.71 bits per heavy atom. The van der Waals surface area contributed by atoms with Crippen LogP contribution in [-0.4, -0.2) is 20.1 Å². The maximum atomic E-state index is 12.1. The second-order valence-corrected chi connectivity index (χ2v) is 7.57. The van der Waals surface area contributed by atoms with Gasteiger partial charge in [0.25, 0.3) is 0 Å². The Morgan fingerprint density at radius 3 is 2.42 bits per heavy atom. The number of carbonyl (C=O) groups excluding carboxylic acids is 1. The molecule has 0 aromatic heterocycles. The van der Waals surface area contributed by atoms with Crippen molar-refractivity contribution >= 4 is 21.4 Å². The first-order valence-electron chi connectivity index (χ1n) is 7.53. The average Bonchev–Trinajstić information content (AvgIpc) is 2.55. The normalized spacial score (nSPS) is 10.8. The maximum absolute atomic E-state index is 12.1. The summed E-state index contributed by atoms with van der Waals surface area (Å²) in [5.41, 5.74) is 1.56. The molecule has 2 aromatic carbocycles. The fourth-order valence-electron chi connectivity index (χ4n) is 2.26. The second kappa shape index (κ2) is 8.27. The molecule has 0 spiro atoms. The van der Waals surface area contributed by atoms with Crippen molar-refractivity contribution in [1.29, 1.82) is 5.26 Å². The lowest BCUT2D eigenvalue weighted by Crippen LogP contribution is -2.15. The van der Waals surface area contributed by atoms with Crippen molar-refractivity contribution < 1.29 is 13.2 Å². The summed E-state index contributed by atoms with van der Waals surface area (Å²) < 4.78 is 24.1. The molecule has 0 unspecified atom stereocenters. The first-order chi connectivity index (χ1) is 11.5. The van der Waals surface area contributed by atoms with Gasteiger partial charge in [-0.2, -0.15) is 5.26 Å². The highest BCUT2D eigenvalue weighted by Crippen LogP contribution is 2.14. The number of amides is 1. The van der Waals surface area contributed by atoms with Crippen molar-refractivity contribution in [2.75, 3.05) is 11.1 Å². The number of para-hydroxylation sites is 1. The molecule has 0 saturated heterocycles. The quantitative estimate of drug-likeness (QED) is 0.838. The lowest BCUT2D eigenvalue weighted by atomic mass is 10.2. The van der Waals surface area contributed by atoms with Gasteiger partial charge in [0.2, 0.25) is 5.91 Å². The van der Waals surface area contributed by atoms with Gasteiger partial charge < -0.3 is 5.32 Å². The Bertz CT molecular complexity index is 840. The number of nitriles is 1. The van der Waals surface area contributed by atoms with Crippen LogP contribution in [0.25, 0.3) is 0 Å². The maximum Gasteiger partial charge on any atom is 0.224 e. The van der Waals surface area contributed by atoms with Gasteiger partial charge >= 0.3 is 0 Å². The number of sulfone groups is 1. The number of rotatable bonds is 7. The van der Waals surface area contributed by atoms with Crippen molar-refractivity contribution in [3.8, 4) is 6.07 Å². The lowest BCUT2D eigenvalue weighted by Gasteiger charge is -2.07. The number of nitrogens with zero attached hydrogens (tertiary/aromatic N) is 1. The van der Waals surface area contributed by atoms with Crippen LogP contribution in [0.4, 0.5) is 5.69 Å². The Balaban J connectivity index is 1.83. The molecule has 0 radical (unpaired) electrons. The minimum absolute atomic E-state index is 0.0211. The highest BCUT2D eigenvalue weighted by atomic mass is 32.2. The van der Waals surface area contributed by atoms with Crippen molar-refractivity contribution in [2.45, 2.75) is 18.6 Å².